The normalized spacial score (nSPS) is 15.1. The van der Waals surface area contributed by atoms with Crippen molar-refractivity contribution in [2.75, 3.05) is 18.0 Å². The minimum Gasteiger partial charge on any atom is -0.372 e. The predicted molar refractivity (Wildman–Crippen MR) is 89.4 cm³/mol. The van der Waals surface area contributed by atoms with Gasteiger partial charge in [0.1, 0.15) is 0 Å². The van der Waals surface area contributed by atoms with Gasteiger partial charge in [-0.3, -0.25) is 9.71 Å². The molecule has 0 unspecified atom stereocenters. The van der Waals surface area contributed by atoms with Gasteiger partial charge in [0.2, 0.25) is 0 Å². The van der Waals surface area contributed by atoms with Crippen molar-refractivity contribution in [3.8, 4) is 0 Å². The second-order valence-corrected chi connectivity index (χ2v) is 6.28. The molecule has 1 N–H and O–H groups in total. The summed E-state index contributed by atoms with van der Waals surface area (Å²) in [5.74, 6) is 0. The van der Waals surface area contributed by atoms with Crippen LogP contribution in [0.1, 0.15) is 24.8 Å². The van der Waals surface area contributed by atoms with E-state index in [1.165, 1.54) is 48.5 Å². The number of nitrogens with one attached hydrogen (secondary N) is 1. The van der Waals surface area contributed by atoms with Gasteiger partial charge in [-0.15, -0.1) is 0 Å². The Kier molecular flexibility index (Phi) is 5.13. The Bertz CT molecular complexity index is 536. The van der Waals surface area contributed by atoms with Crippen molar-refractivity contribution in [1.29, 1.82) is 0 Å². The number of rotatable bonds is 5. The quantitative estimate of drug-likeness (QED) is 0.848. The molecular weight excluding hydrogens is 278 g/mol. The molecule has 0 atom stereocenters. The Labute approximate surface area is 130 Å². The molecular formula is C17H21N3S. The predicted octanol–water partition coefficient (Wildman–Crippen LogP) is 3.87. The molecule has 2 heterocycles. The second kappa shape index (κ2) is 7.48. The molecule has 3 rings (SSSR count). The highest BCUT2D eigenvalue weighted by molar-refractivity contribution is 7.97. The minimum atomic E-state index is 0.848. The zero-order chi connectivity index (χ0) is 14.3. The largest absolute Gasteiger partial charge is 0.372 e. The lowest BCUT2D eigenvalue weighted by atomic mass is 10.1. The van der Waals surface area contributed by atoms with Crippen LogP contribution in [0.25, 0.3) is 0 Å². The van der Waals surface area contributed by atoms with Crippen LogP contribution >= 0.6 is 11.9 Å². The first-order valence-corrected chi connectivity index (χ1v) is 8.37. The van der Waals surface area contributed by atoms with Crippen molar-refractivity contribution in [2.45, 2.75) is 30.7 Å². The van der Waals surface area contributed by atoms with Crippen LogP contribution in [0.4, 0.5) is 5.69 Å². The molecule has 1 aromatic heterocycles. The van der Waals surface area contributed by atoms with E-state index in [1.807, 2.05) is 24.5 Å². The van der Waals surface area contributed by atoms with Crippen molar-refractivity contribution < 1.29 is 0 Å². The van der Waals surface area contributed by atoms with E-state index in [0.717, 1.165) is 6.54 Å². The van der Waals surface area contributed by atoms with Crippen molar-refractivity contribution in [1.82, 2.24) is 9.71 Å². The first-order valence-electron chi connectivity index (χ1n) is 7.55. The fourth-order valence-electron chi connectivity index (χ4n) is 2.58. The van der Waals surface area contributed by atoms with E-state index >= 15 is 0 Å². The Morgan fingerprint density at radius 3 is 2.38 bits per heavy atom. The maximum Gasteiger partial charge on any atom is 0.0366 e. The van der Waals surface area contributed by atoms with Gasteiger partial charge >= 0.3 is 0 Å². The van der Waals surface area contributed by atoms with Crippen LogP contribution < -0.4 is 9.62 Å². The summed E-state index contributed by atoms with van der Waals surface area (Å²) in [5, 5.41) is 0. The first-order chi connectivity index (χ1) is 10.4. The molecule has 1 fully saturated rings. The number of nitrogens with zero attached hydrogens (tertiary/aromatic N) is 2. The Hall–Kier alpha value is -1.52. The van der Waals surface area contributed by atoms with E-state index in [2.05, 4.69) is 38.9 Å². The molecule has 1 aromatic carbocycles. The standard InChI is InChI=1S/C17H21N3S/c1-2-12-20(13-3-1)16-4-6-17(7-5-16)21-19-14-15-8-10-18-11-9-15/h4-11,19H,1-3,12-14H2. The van der Waals surface area contributed by atoms with Gasteiger partial charge in [0.25, 0.3) is 0 Å². The zero-order valence-electron chi connectivity index (χ0n) is 12.2. The summed E-state index contributed by atoms with van der Waals surface area (Å²) >= 11 is 1.68. The van der Waals surface area contributed by atoms with E-state index in [0.29, 0.717) is 0 Å². The number of pyridine rings is 1. The smallest absolute Gasteiger partial charge is 0.0366 e. The molecule has 3 nitrogen and oxygen atoms in total. The van der Waals surface area contributed by atoms with Gasteiger partial charge in [0.15, 0.2) is 0 Å². The summed E-state index contributed by atoms with van der Waals surface area (Å²) in [6.45, 7) is 3.25. The molecule has 1 aliphatic rings. The summed E-state index contributed by atoms with van der Waals surface area (Å²) in [6.07, 6.45) is 7.68. The molecule has 0 bridgehead atoms. The zero-order valence-corrected chi connectivity index (χ0v) is 13.0. The van der Waals surface area contributed by atoms with Crippen LogP contribution in [-0.2, 0) is 6.54 Å². The lowest BCUT2D eigenvalue weighted by Crippen LogP contribution is -2.29. The lowest BCUT2D eigenvalue weighted by Gasteiger charge is -2.28. The molecule has 1 saturated heterocycles. The Morgan fingerprint density at radius 1 is 0.952 bits per heavy atom. The highest BCUT2D eigenvalue weighted by atomic mass is 32.2. The van der Waals surface area contributed by atoms with Gasteiger partial charge in [0, 0.05) is 42.6 Å². The maximum atomic E-state index is 4.03. The average Bonchev–Trinajstić information content (AvgIpc) is 2.57. The first kappa shape index (κ1) is 14.4. The molecule has 0 spiro atoms. The van der Waals surface area contributed by atoms with Gasteiger partial charge in [0.05, 0.1) is 0 Å². The van der Waals surface area contributed by atoms with Gasteiger partial charge in [-0.25, -0.2) is 0 Å². The maximum absolute atomic E-state index is 4.03. The van der Waals surface area contributed by atoms with Gasteiger partial charge in [-0.05, 0) is 73.2 Å². The van der Waals surface area contributed by atoms with Crippen LogP contribution in [0.5, 0.6) is 0 Å². The second-order valence-electron chi connectivity index (χ2n) is 5.32. The monoisotopic (exact) mass is 299 g/mol. The van der Waals surface area contributed by atoms with Gasteiger partial charge < -0.3 is 4.90 Å². The molecule has 4 heteroatoms. The molecule has 1 aliphatic heterocycles. The fraction of sp³-hybridized carbons (Fsp3) is 0.353. The third-order valence-corrected chi connectivity index (χ3v) is 4.57. The highest BCUT2D eigenvalue weighted by Gasteiger charge is 2.10. The van der Waals surface area contributed by atoms with Crippen LogP contribution in [-0.4, -0.2) is 18.1 Å². The van der Waals surface area contributed by atoms with Gasteiger partial charge in [-0.2, -0.15) is 0 Å². The number of anilines is 1. The van der Waals surface area contributed by atoms with E-state index in [-0.39, 0.29) is 0 Å². The average molecular weight is 299 g/mol. The molecule has 21 heavy (non-hydrogen) atoms. The number of hydrogen-bond donors (Lipinski definition) is 1. The van der Waals surface area contributed by atoms with Crippen LogP contribution in [0.2, 0.25) is 0 Å². The van der Waals surface area contributed by atoms with Gasteiger partial charge in [-0.1, -0.05) is 0 Å². The van der Waals surface area contributed by atoms with Crippen molar-refractivity contribution in [2.24, 2.45) is 0 Å². The van der Waals surface area contributed by atoms with E-state index < -0.39 is 0 Å². The highest BCUT2D eigenvalue weighted by Crippen LogP contribution is 2.23. The number of aromatic nitrogens is 1. The molecule has 2 aromatic rings. The van der Waals surface area contributed by atoms with Crippen LogP contribution in [0, 0.1) is 0 Å². The summed E-state index contributed by atoms with van der Waals surface area (Å²) in [6, 6.07) is 13.0. The summed E-state index contributed by atoms with van der Waals surface area (Å²) in [5.41, 5.74) is 2.61. The fourth-order valence-corrected chi connectivity index (χ4v) is 3.26. The topological polar surface area (TPSA) is 28.2 Å². The number of hydrogen-bond acceptors (Lipinski definition) is 4. The van der Waals surface area contributed by atoms with E-state index in [1.54, 1.807) is 11.9 Å². The van der Waals surface area contributed by atoms with Crippen LogP contribution in [0.15, 0.2) is 53.7 Å². The minimum absolute atomic E-state index is 0.848. The molecule has 110 valence electrons. The van der Waals surface area contributed by atoms with Crippen molar-refractivity contribution in [3.63, 3.8) is 0 Å². The molecule has 0 saturated carbocycles. The summed E-state index contributed by atoms with van der Waals surface area (Å²) in [7, 11) is 0. The lowest BCUT2D eigenvalue weighted by molar-refractivity contribution is 0.578. The molecule has 0 aliphatic carbocycles. The van der Waals surface area contributed by atoms with Crippen molar-refractivity contribution >= 4 is 17.6 Å². The number of piperidine rings is 1. The third kappa shape index (κ3) is 4.22. The SMILES string of the molecule is c1cc(CNSc2ccc(N3CCCCC3)cc2)ccn1. The molecule has 0 amide bonds. The van der Waals surface area contributed by atoms with E-state index in [4.69, 9.17) is 0 Å². The molecule has 0 radical (unpaired) electrons. The Morgan fingerprint density at radius 2 is 1.67 bits per heavy atom. The summed E-state index contributed by atoms with van der Waals surface area (Å²) in [4.78, 5) is 7.77. The van der Waals surface area contributed by atoms with Crippen molar-refractivity contribution in [3.05, 3.63) is 54.4 Å². The Balaban J connectivity index is 1.50. The number of benzene rings is 1. The van der Waals surface area contributed by atoms with E-state index in [9.17, 15) is 0 Å². The summed E-state index contributed by atoms with van der Waals surface area (Å²) < 4.78 is 3.39. The third-order valence-electron chi connectivity index (χ3n) is 3.77. The van der Waals surface area contributed by atoms with Crippen LogP contribution in [0.3, 0.4) is 0 Å².